The maximum absolute atomic E-state index is 12.2. The third kappa shape index (κ3) is 3.01. The van der Waals surface area contributed by atoms with Gasteiger partial charge in [0, 0.05) is 25.6 Å². The second kappa shape index (κ2) is 5.97. The highest BCUT2D eigenvalue weighted by molar-refractivity contribution is 5.92. The largest absolute Gasteiger partial charge is 0.477 e. The molecule has 0 unspecified atom stereocenters. The fraction of sp³-hybridized carbons (Fsp3) is 0.615. The first kappa shape index (κ1) is 13.7. The Morgan fingerprint density at radius 2 is 2.26 bits per heavy atom. The standard InChI is InChI=1S/C13H19N3O3/c1-3-19-12-5-14-11(4-15-12)13(18)16-6-9(2)10(7-16)8-17/h4-5,9-10,17H,3,6-8H2,1-2H3/t9-,10+/m1/s1. The Morgan fingerprint density at radius 3 is 2.79 bits per heavy atom. The summed E-state index contributed by atoms with van der Waals surface area (Å²) in [6.07, 6.45) is 2.89. The Balaban J connectivity index is 2.04. The summed E-state index contributed by atoms with van der Waals surface area (Å²) in [5, 5.41) is 9.22. The van der Waals surface area contributed by atoms with Gasteiger partial charge in [-0.05, 0) is 12.8 Å². The van der Waals surface area contributed by atoms with E-state index in [1.807, 2.05) is 13.8 Å². The van der Waals surface area contributed by atoms with E-state index in [-0.39, 0.29) is 18.4 Å². The Labute approximate surface area is 112 Å². The topological polar surface area (TPSA) is 75.5 Å². The molecule has 1 aliphatic rings. The van der Waals surface area contributed by atoms with Gasteiger partial charge in [0.05, 0.1) is 19.0 Å². The van der Waals surface area contributed by atoms with Crippen LogP contribution in [0.4, 0.5) is 0 Å². The van der Waals surface area contributed by atoms with E-state index < -0.39 is 0 Å². The van der Waals surface area contributed by atoms with E-state index in [2.05, 4.69) is 9.97 Å². The van der Waals surface area contributed by atoms with Crippen LogP contribution in [-0.4, -0.2) is 52.2 Å². The Kier molecular flexibility index (Phi) is 4.31. The second-order valence-corrected chi connectivity index (χ2v) is 4.80. The van der Waals surface area contributed by atoms with Gasteiger partial charge < -0.3 is 14.7 Å². The number of amides is 1. The van der Waals surface area contributed by atoms with E-state index in [4.69, 9.17) is 4.74 Å². The van der Waals surface area contributed by atoms with Crippen molar-refractivity contribution >= 4 is 5.91 Å². The third-order valence-corrected chi connectivity index (χ3v) is 3.43. The van der Waals surface area contributed by atoms with Crippen molar-refractivity contribution in [1.82, 2.24) is 14.9 Å². The molecule has 6 heteroatoms. The average molecular weight is 265 g/mol. The number of nitrogens with zero attached hydrogens (tertiary/aromatic N) is 3. The first-order valence-corrected chi connectivity index (χ1v) is 6.50. The van der Waals surface area contributed by atoms with Crippen molar-refractivity contribution in [2.75, 3.05) is 26.3 Å². The third-order valence-electron chi connectivity index (χ3n) is 3.43. The lowest BCUT2D eigenvalue weighted by Crippen LogP contribution is -2.30. The van der Waals surface area contributed by atoms with Crippen LogP contribution in [0.1, 0.15) is 24.3 Å². The molecule has 1 aromatic heterocycles. The van der Waals surface area contributed by atoms with Crippen LogP contribution in [0.5, 0.6) is 5.88 Å². The van der Waals surface area contributed by atoms with Gasteiger partial charge >= 0.3 is 0 Å². The molecule has 1 fully saturated rings. The van der Waals surface area contributed by atoms with Crippen molar-refractivity contribution in [3.63, 3.8) is 0 Å². The molecular weight excluding hydrogens is 246 g/mol. The van der Waals surface area contributed by atoms with Gasteiger partial charge in [0.2, 0.25) is 5.88 Å². The quantitative estimate of drug-likeness (QED) is 0.861. The fourth-order valence-electron chi connectivity index (χ4n) is 2.25. The van der Waals surface area contributed by atoms with E-state index >= 15 is 0 Å². The molecule has 19 heavy (non-hydrogen) atoms. The molecule has 0 bridgehead atoms. The van der Waals surface area contributed by atoms with Crippen molar-refractivity contribution < 1.29 is 14.6 Å². The number of hydrogen-bond acceptors (Lipinski definition) is 5. The van der Waals surface area contributed by atoms with E-state index in [1.54, 1.807) is 4.90 Å². The minimum absolute atomic E-state index is 0.111. The summed E-state index contributed by atoms with van der Waals surface area (Å²) in [6.45, 7) is 5.76. The number of aromatic nitrogens is 2. The Morgan fingerprint density at radius 1 is 1.47 bits per heavy atom. The number of likely N-dealkylation sites (tertiary alicyclic amines) is 1. The summed E-state index contributed by atoms with van der Waals surface area (Å²) >= 11 is 0. The van der Waals surface area contributed by atoms with Gasteiger partial charge in [-0.3, -0.25) is 4.79 Å². The second-order valence-electron chi connectivity index (χ2n) is 4.80. The monoisotopic (exact) mass is 265 g/mol. The van der Waals surface area contributed by atoms with Gasteiger partial charge in [-0.2, -0.15) is 0 Å². The molecule has 0 saturated carbocycles. The molecule has 1 saturated heterocycles. The van der Waals surface area contributed by atoms with Crippen molar-refractivity contribution in [1.29, 1.82) is 0 Å². The number of hydrogen-bond donors (Lipinski definition) is 1. The molecule has 104 valence electrons. The SMILES string of the molecule is CCOc1cnc(C(=O)N2C[C@@H](CO)[C@H](C)C2)cn1. The number of aliphatic hydroxyl groups is 1. The fourth-order valence-corrected chi connectivity index (χ4v) is 2.25. The predicted molar refractivity (Wildman–Crippen MR) is 68.8 cm³/mol. The highest BCUT2D eigenvalue weighted by Crippen LogP contribution is 2.23. The van der Waals surface area contributed by atoms with Crippen molar-refractivity contribution in [3.05, 3.63) is 18.1 Å². The molecular formula is C13H19N3O3. The summed E-state index contributed by atoms with van der Waals surface area (Å²) in [7, 11) is 0. The van der Waals surface area contributed by atoms with Crippen LogP contribution in [0.25, 0.3) is 0 Å². The molecule has 2 rings (SSSR count). The van der Waals surface area contributed by atoms with Gasteiger partial charge in [-0.15, -0.1) is 0 Å². The lowest BCUT2D eigenvalue weighted by atomic mass is 10.00. The summed E-state index contributed by atoms with van der Waals surface area (Å²) in [5.41, 5.74) is 0.314. The summed E-state index contributed by atoms with van der Waals surface area (Å²) in [6, 6.07) is 0. The van der Waals surface area contributed by atoms with Crippen LogP contribution in [0.15, 0.2) is 12.4 Å². The first-order chi connectivity index (χ1) is 9.15. The predicted octanol–water partition coefficient (Wildman–Crippen LogP) is 0.576. The zero-order valence-electron chi connectivity index (χ0n) is 11.2. The van der Waals surface area contributed by atoms with Gasteiger partial charge in [-0.25, -0.2) is 9.97 Å². The number of aliphatic hydroxyl groups excluding tert-OH is 1. The summed E-state index contributed by atoms with van der Waals surface area (Å²) in [5.74, 6) is 0.740. The van der Waals surface area contributed by atoms with Crippen LogP contribution in [0, 0.1) is 11.8 Å². The number of carbonyl (C=O) groups is 1. The smallest absolute Gasteiger partial charge is 0.274 e. The first-order valence-electron chi connectivity index (χ1n) is 6.50. The molecule has 6 nitrogen and oxygen atoms in total. The Bertz CT molecular complexity index is 435. The normalized spacial score (nSPS) is 22.6. The number of carbonyl (C=O) groups excluding carboxylic acids is 1. The molecule has 1 aromatic rings. The molecule has 0 aliphatic carbocycles. The molecule has 0 radical (unpaired) electrons. The maximum atomic E-state index is 12.2. The zero-order chi connectivity index (χ0) is 13.8. The minimum Gasteiger partial charge on any atom is -0.477 e. The van der Waals surface area contributed by atoms with Crippen molar-refractivity contribution in [3.8, 4) is 5.88 Å². The van der Waals surface area contributed by atoms with E-state index in [0.717, 1.165) is 0 Å². The van der Waals surface area contributed by atoms with Gasteiger partial charge in [0.15, 0.2) is 0 Å². The van der Waals surface area contributed by atoms with Gasteiger partial charge in [0.25, 0.3) is 5.91 Å². The van der Waals surface area contributed by atoms with Gasteiger partial charge in [-0.1, -0.05) is 6.92 Å². The van der Waals surface area contributed by atoms with Crippen molar-refractivity contribution in [2.24, 2.45) is 11.8 Å². The zero-order valence-corrected chi connectivity index (χ0v) is 11.2. The van der Waals surface area contributed by atoms with Crippen LogP contribution >= 0.6 is 0 Å². The molecule has 0 spiro atoms. The maximum Gasteiger partial charge on any atom is 0.274 e. The number of ether oxygens (including phenoxy) is 1. The number of rotatable bonds is 4. The van der Waals surface area contributed by atoms with E-state index in [0.29, 0.717) is 37.2 Å². The average Bonchev–Trinajstić information content (AvgIpc) is 2.80. The molecule has 2 heterocycles. The summed E-state index contributed by atoms with van der Waals surface area (Å²) < 4.78 is 5.19. The molecule has 1 amide bonds. The van der Waals surface area contributed by atoms with Crippen LogP contribution in [0.3, 0.4) is 0 Å². The minimum atomic E-state index is -0.140. The lowest BCUT2D eigenvalue weighted by Gasteiger charge is -2.15. The van der Waals surface area contributed by atoms with Crippen LogP contribution in [0.2, 0.25) is 0 Å². The summed E-state index contributed by atoms with van der Waals surface area (Å²) in [4.78, 5) is 22.1. The van der Waals surface area contributed by atoms with Crippen LogP contribution < -0.4 is 4.74 Å². The van der Waals surface area contributed by atoms with Crippen molar-refractivity contribution in [2.45, 2.75) is 13.8 Å². The van der Waals surface area contributed by atoms with E-state index in [1.165, 1.54) is 12.4 Å². The molecule has 0 aromatic carbocycles. The molecule has 2 atom stereocenters. The molecule has 1 aliphatic heterocycles. The highest BCUT2D eigenvalue weighted by atomic mass is 16.5. The van der Waals surface area contributed by atoms with E-state index in [9.17, 15) is 9.90 Å². The highest BCUT2D eigenvalue weighted by Gasteiger charge is 2.32. The lowest BCUT2D eigenvalue weighted by molar-refractivity contribution is 0.0774. The van der Waals surface area contributed by atoms with Crippen LogP contribution in [-0.2, 0) is 0 Å². The van der Waals surface area contributed by atoms with Gasteiger partial charge in [0.1, 0.15) is 5.69 Å². The Hall–Kier alpha value is -1.69. The molecule has 1 N–H and O–H groups in total.